The molecular weight excluding hydrogens is 1860 g/mol. The van der Waals surface area contributed by atoms with Gasteiger partial charge in [0.05, 0.1) is 22.8 Å². The first-order chi connectivity index (χ1) is 54.6. The van der Waals surface area contributed by atoms with Crippen LogP contribution in [0.3, 0.4) is 0 Å². The highest BCUT2D eigenvalue weighted by Gasteiger charge is 2.15. The van der Waals surface area contributed by atoms with Gasteiger partial charge in [0.25, 0.3) is 0 Å². The van der Waals surface area contributed by atoms with Crippen molar-refractivity contribution in [3.8, 4) is 67.3 Å². The highest BCUT2D eigenvalue weighted by molar-refractivity contribution is 9.11. The van der Waals surface area contributed by atoms with E-state index in [2.05, 4.69) is 225 Å². The summed E-state index contributed by atoms with van der Waals surface area (Å²) in [6.07, 6.45) is 12.7. The average molecular weight is 1940 g/mol. The largest absolute Gasteiger partial charge is 0.412 e. The zero-order valence-electron chi connectivity index (χ0n) is 61.2. The lowest BCUT2D eigenvalue weighted by Gasteiger charge is -2.13. The number of allylic oxidation sites excluding steroid dienone is 2. The third-order valence-corrected chi connectivity index (χ3v) is 18.7. The summed E-state index contributed by atoms with van der Waals surface area (Å²) in [7, 11) is -3.67. The molecule has 0 bridgehead atoms. The fraction of sp³-hybridized carbons (Fsp3) is 0.0215. The molecule has 5 N–H and O–H groups in total. The predicted octanol–water partition coefficient (Wildman–Crippen LogP) is 23.1. The second-order valence-corrected chi connectivity index (χ2v) is 29.5. The maximum atomic E-state index is 12.2. The normalized spacial score (nSPS) is 10.2. The second-order valence-electron chi connectivity index (χ2n) is 24.0. The maximum Gasteiger partial charge on any atom is 0.394 e. The number of rotatable bonds is 18. The summed E-state index contributed by atoms with van der Waals surface area (Å²) in [6, 6.07) is 106. The molecule has 0 saturated heterocycles. The molecule has 14 rings (SSSR count). The standard InChI is InChI=1S/C40H26Br2N2.C24H16Br2O2.C13H12NO.C8H6O2.C7H5BrO.CH4O.BrH.H2O4S.H2O/c41-35-18-14-29(15-19-35)39-25-33(23-37(43-39)27-8-3-1-4-9-27)31-12-7-13-32(22-31)34-24-38(28-10-5-2-6-11-28)44-40(26-34)30-16-20-36(42)21-17-30;25-21-10-6-19(7-11-21)23(27)14-4-17-2-1-3-18(16-17)5-15-24(28)20-8-12-22(26)13-9-20;15-13(12-7-3-1-4-8-12)11-14-9-5-2-6-10-14;9-5-7-2-1-3-8(4-7)6-10;8-7-3-1-6(5-9)2-4-7;1-2;;1-5(2,3)4;/h1-26H;1-16H;1-10H,11H2;1-6H;1-5H;2H,1H3;1H;(H2,1,2,3,4);1H2/q;;+1;;;;;;/b;14-4+,15-5+;;;;;;;. The van der Waals surface area contributed by atoms with Gasteiger partial charge in [-0.15, -0.1) is 17.0 Å². The molecule has 0 fully saturated rings. The van der Waals surface area contributed by atoms with Crippen molar-refractivity contribution in [3.05, 3.63) is 419 Å². The minimum absolute atomic E-state index is 0. The summed E-state index contributed by atoms with van der Waals surface area (Å²) in [6.45, 7) is 0.394. The summed E-state index contributed by atoms with van der Waals surface area (Å²) in [5.41, 5.74) is 18.2. The van der Waals surface area contributed by atoms with E-state index in [0.717, 1.165) is 120 Å². The minimum Gasteiger partial charge on any atom is -0.412 e. The fourth-order valence-electron chi connectivity index (χ4n) is 10.5. The van der Waals surface area contributed by atoms with Gasteiger partial charge in [-0.25, -0.2) is 9.97 Å². The Balaban J connectivity index is 0.000000246. The number of halogens is 6. The molecule has 0 unspecified atom stereocenters. The highest BCUT2D eigenvalue weighted by atomic mass is 79.9. The summed E-state index contributed by atoms with van der Waals surface area (Å²) in [4.78, 5) is 76.9. The van der Waals surface area contributed by atoms with Gasteiger partial charge >= 0.3 is 10.4 Å². The Morgan fingerprint density at radius 2 is 0.617 bits per heavy atom. The van der Waals surface area contributed by atoms with Crippen LogP contribution in [0.2, 0.25) is 0 Å². The molecule has 15 nitrogen and oxygen atoms in total. The molecule has 0 amide bonds. The molecular formula is C93H74Br6N3O12S+. The predicted molar refractivity (Wildman–Crippen MR) is 482 cm³/mol. The van der Waals surface area contributed by atoms with Crippen molar-refractivity contribution in [1.82, 2.24) is 9.97 Å². The van der Waals surface area contributed by atoms with Crippen LogP contribution in [0.5, 0.6) is 0 Å². The fourth-order valence-corrected chi connectivity index (χ4v) is 11.8. The van der Waals surface area contributed by atoms with Gasteiger partial charge < -0.3 is 10.6 Å². The molecule has 0 aliphatic carbocycles. The molecule has 3 heterocycles. The molecule has 14 aromatic rings. The zero-order chi connectivity index (χ0) is 80.9. The van der Waals surface area contributed by atoms with E-state index < -0.39 is 10.4 Å². The summed E-state index contributed by atoms with van der Waals surface area (Å²) in [5, 5.41) is 7.00. The van der Waals surface area contributed by atoms with Crippen LogP contribution in [0.1, 0.15) is 73.3 Å². The molecule has 0 radical (unpaired) electrons. The molecule has 22 heteroatoms. The van der Waals surface area contributed by atoms with Crippen molar-refractivity contribution in [2.75, 3.05) is 7.11 Å². The number of ketones is 3. The Morgan fingerprint density at radius 1 is 0.330 bits per heavy atom. The van der Waals surface area contributed by atoms with Gasteiger partial charge in [0, 0.05) is 97.2 Å². The lowest BCUT2D eigenvalue weighted by atomic mass is 9.95. The number of aliphatic hydroxyl groups is 1. The minimum atomic E-state index is -4.67. The lowest BCUT2D eigenvalue weighted by molar-refractivity contribution is -0.683. The molecule has 0 atom stereocenters. The number of carbonyl (C=O) groups excluding carboxylic acids is 6. The van der Waals surface area contributed by atoms with Crippen LogP contribution in [0, 0.1) is 0 Å². The molecule has 0 aliphatic rings. The molecule has 0 spiro atoms. The topological polar surface area (TPSA) is 258 Å². The Bertz CT molecular complexity index is 5380. The zero-order valence-corrected chi connectivity index (χ0v) is 71.7. The Kier molecular flexibility index (Phi) is 39.5. The Hall–Kier alpha value is -11.0. The maximum absolute atomic E-state index is 12.2. The van der Waals surface area contributed by atoms with Crippen LogP contribution in [0.4, 0.5) is 0 Å². The van der Waals surface area contributed by atoms with Crippen LogP contribution in [-0.4, -0.2) is 81.4 Å². The van der Waals surface area contributed by atoms with Crippen molar-refractivity contribution in [3.63, 3.8) is 0 Å². The van der Waals surface area contributed by atoms with Crippen LogP contribution in [0.25, 0.3) is 79.4 Å². The number of carbonyl (C=O) groups is 6. The SMILES string of the molecule is Br.Brc1ccc(-c2cc(-c3cccc(-c4cc(-c5ccccc5)nc(-c5ccc(Br)cc5)c4)c3)cc(-c3ccccc3)n2)cc1.CO.O.O=C(/C=C/c1cccc(/C=C/C(=O)c2ccc(Br)cc2)c1)c1ccc(Br)cc1.O=C(C[n+]1ccccc1)c1ccccc1.O=Cc1ccc(Br)cc1.O=Cc1cccc(C=O)c1.O=S(=O)(O)O. The van der Waals surface area contributed by atoms with Crippen molar-refractivity contribution < 1.29 is 61.4 Å². The average Bonchev–Trinajstić information content (AvgIpc) is 0.791. The first-order valence-electron chi connectivity index (χ1n) is 34.4. The molecule has 11 aromatic carbocycles. The molecule has 580 valence electrons. The highest BCUT2D eigenvalue weighted by Crippen LogP contribution is 2.36. The smallest absolute Gasteiger partial charge is 0.394 e. The molecule has 0 aliphatic heterocycles. The monoisotopic (exact) mass is 1930 g/mol. The van der Waals surface area contributed by atoms with Crippen molar-refractivity contribution in [2.45, 2.75) is 6.54 Å². The molecule has 115 heavy (non-hydrogen) atoms. The number of nitrogens with zero attached hydrogens (tertiary/aromatic N) is 3. The van der Waals surface area contributed by atoms with E-state index in [1.807, 2.05) is 138 Å². The number of aromatic nitrogens is 3. The van der Waals surface area contributed by atoms with Gasteiger partial charge in [0.15, 0.2) is 24.0 Å². The van der Waals surface area contributed by atoms with Gasteiger partial charge in [-0.2, -0.15) is 13.0 Å². The van der Waals surface area contributed by atoms with Gasteiger partial charge in [-0.05, 0) is 173 Å². The number of aldehydes is 3. The number of aliphatic hydroxyl groups excluding tert-OH is 1. The van der Waals surface area contributed by atoms with Gasteiger partial charge in [-0.1, -0.05) is 280 Å². The second kappa shape index (κ2) is 49.0. The summed E-state index contributed by atoms with van der Waals surface area (Å²) >= 11 is 17.1. The first kappa shape index (κ1) is 92.9. The Morgan fingerprint density at radius 3 is 0.974 bits per heavy atom. The number of hydrogen-bond donors (Lipinski definition) is 3. The number of pyridine rings is 3. The van der Waals surface area contributed by atoms with Gasteiger partial charge in [-0.3, -0.25) is 37.9 Å². The quantitative estimate of drug-likeness (QED) is 0.0238. The van der Waals surface area contributed by atoms with E-state index in [-0.39, 0.29) is 39.8 Å². The van der Waals surface area contributed by atoms with Crippen LogP contribution in [0.15, 0.2) is 374 Å². The van der Waals surface area contributed by atoms with E-state index in [1.165, 1.54) is 0 Å². The van der Waals surface area contributed by atoms with Crippen molar-refractivity contribution >= 4 is 155 Å². The number of Topliss-reactive ketones (excluding diaryl/α,β-unsaturated/α-hetero) is 1. The number of benzene rings is 11. The molecule has 3 aromatic heterocycles. The third-order valence-electron chi connectivity index (χ3n) is 16.0. The third kappa shape index (κ3) is 32.1. The first-order valence-corrected chi connectivity index (χ1v) is 39.7. The van der Waals surface area contributed by atoms with Crippen molar-refractivity contribution in [2.24, 2.45) is 0 Å². The van der Waals surface area contributed by atoms with Crippen molar-refractivity contribution in [1.29, 1.82) is 0 Å². The van der Waals surface area contributed by atoms with Crippen LogP contribution >= 0.6 is 96.6 Å². The van der Waals surface area contributed by atoms with E-state index in [4.69, 9.17) is 32.6 Å². The van der Waals surface area contributed by atoms with Gasteiger partial charge in [0.1, 0.15) is 18.9 Å². The lowest BCUT2D eigenvalue weighted by Crippen LogP contribution is -2.36. The molecule has 0 saturated carbocycles. The number of hydrogen-bond acceptors (Lipinski definition) is 11. The van der Waals surface area contributed by atoms with Gasteiger partial charge in [0.2, 0.25) is 12.3 Å². The van der Waals surface area contributed by atoms with Crippen LogP contribution in [-0.2, 0) is 16.9 Å². The Labute approximate surface area is 720 Å². The van der Waals surface area contributed by atoms with E-state index >= 15 is 0 Å². The van der Waals surface area contributed by atoms with E-state index in [9.17, 15) is 28.8 Å². The van der Waals surface area contributed by atoms with E-state index in [0.29, 0.717) is 46.9 Å². The summed E-state index contributed by atoms with van der Waals surface area (Å²) < 4.78 is 38.4. The summed E-state index contributed by atoms with van der Waals surface area (Å²) in [5.74, 6) is 0.0181. The van der Waals surface area contributed by atoms with E-state index in [1.54, 1.807) is 85.0 Å². The van der Waals surface area contributed by atoms with Crippen LogP contribution < -0.4 is 4.57 Å².